The fourth-order valence-corrected chi connectivity index (χ4v) is 2.29. The Balaban J connectivity index is 1.95. The first-order valence-electron chi connectivity index (χ1n) is 7.44. The van der Waals surface area contributed by atoms with E-state index in [1.165, 1.54) is 18.2 Å². The van der Waals surface area contributed by atoms with E-state index in [0.717, 1.165) is 12.1 Å². The normalized spacial score (nSPS) is 11.5. The van der Waals surface area contributed by atoms with Gasteiger partial charge in [-0.1, -0.05) is 12.1 Å². The predicted octanol–water partition coefficient (Wildman–Crippen LogP) is 4.26. The summed E-state index contributed by atoms with van der Waals surface area (Å²) < 4.78 is 43.8. The zero-order valence-electron chi connectivity index (χ0n) is 13.1. The summed E-state index contributed by atoms with van der Waals surface area (Å²) in [4.78, 5) is 4.23. The van der Waals surface area contributed by atoms with Crippen molar-refractivity contribution in [2.24, 2.45) is 0 Å². The summed E-state index contributed by atoms with van der Waals surface area (Å²) in [6.07, 6.45) is -4.43. The number of rotatable bonds is 4. The van der Waals surface area contributed by atoms with E-state index >= 15 is 0 Å². The Labute approximate surface area is 141 Å². The maximum absolute atomic E-state index is 12.8. The standard InChI is InChI=1S/C17H14F3N3O2/c1-2-25-14-9-11(6-7-13(14)24)16-21-15(22-23-16)10-4-3-5-12(8-10)17(18,19)20/h3-9,24H,2H2,1H3,(H,21,22,23). The summed E-state index contributed by atoms with van der Waals surface area (Å²) in [6, 6.07) is 9.43. The summed E-state index contributed by atoms with van der Waals surface area (Å²) in [5, 5.41) is 16.4. The van der Waals surface area contributed by atoms with Crippen LogP contribution in [0, 0.1) is 0 Å². The van der Waals surface area contributed by atoms with E-state index in [9.17, 15) is 18.3 Å². The third-order valence-electron chi connectivity index (χ3n) is 3.47. The smallest absolute Gasteiger partial charge is 0.416 e. The molecule has 0 spiro atoms. The third kappa shape index (κ3) is 3.57. The van der Waals surface area contributed by atoms with Gasteiger partial charge < -0.3 is 9.84 Å². The number of nitrogens with one attached hydrogen (secondary N) is 1. The van der Waals surface area contributed by atoms with Gasteiger partial charge in [-0.05, 0) is 37.3 Å². The van der Waals surface area contributed by atoms with Gasteiger partial charge in [0.1, 0.15) is 0 Å². The Bertz CT molecular complexity index is 891. The maximum atomic E-state index is 12.8. The number of hydrogen-bond acceptors (Lipinski definition) is 4. The van der Waals surface area contributed by atoms with Crippen LogP contribution in [0.1, 0.15) is 12.5 Å². The molecule has 3 rings (SSSR count). The van der Waals surface area contributed by atoms with Crippen LogP contribution in [0.15, 0.2) is 42.5 Å². The molecule has 1 aromatic heterocycles. The van der Waals surface area contributed by atoms with E-state index < -0.39 is 11.7 Å². The summed E-state index contributed by atoms with van der Waals surface area (Å²) in [5.41, 5.74) is 0.0766. The molecule has 0 saturated heterocycles. The molecule has 2 aromatic carbocycles. The Kier molecular flexibility index (Phi) is 4.35. The Morgan fingerprint density at radius 3 is 2.64 bits per heavy atom. The van der Waals surface area contributed by atoms with Crippen LogP contribution in [0.25, 0.3) is 22.8 Å². The molecule has 0 unspecified atom stereocenters. The number of phenols is 1. The molecule has 8 heteroatoms. The molecule has 5 nitrogen and oxygen atoms in total. The van der Waals surface area contributed by atoms with Gasteiger partial charge in [0, 0.05) is 11.1 Å². The largest absolute Gasteiger partial charge is 0.504 e. The van der Waals surface area contributed by atoms with Gasteiger partial charge in [0.25, 0.3) is 0 Å². The first kappa shape index (κ1) is 16.8. The predicted molar refractivity (Wildman–Crippen MR) is 85.1 cm³/mol. The van der Waals surface area contributed by atoms with Crippen LogP contribution in [-0.2, 0) is 6.18 Å². The SMILES string of the molecule is CCOc1cc(-c2nc(-c3cccc(C(F)(F)F)c3)n[nH]2)ccc1O. The van der Waals surface area contributed by atoms with Crippen molar-refractivity contribution in [2.45, 2.75) is 13.1 Å². The highest BCUT2D eigenvalue weighted by Gasteiger charge is 2.30. The zero-order valence-corrected chi connectivity index (χ0v) is 13.1. The first-order chi connectivity index (χ1) is 11.9. The molecule has 25 heavy (non-hydrogen) atoms. The molecule has 0 amide bonds. The molecular formula is C17H14F3N3O2. The quantitative estimate of drug-likeness (QED) is 0.738. The average Bonchev–Trinajstić information content (AvgIpc) is 3.06. The number of hydrogen-bond donors (Lipinski definition) is 2. The van der Waals surface area contributed by atoms with Crippen molar-refractivity contribution in [1.29, 1.82) is 0 Å². The van der Waals surface area contributed by atoms with Gasteiger partial charge >= 0.3 is 6.18 Å². The summed E-state index contributed by atoms with van der Waals surface area (Å²) in [6.45, 7) is 2.16. The van der Waals surface area contributed by atoms with E-state index in [0.29, 0.717) is 18.0 Å². The van der Waals surface area contributed by atoms with Gasteiger partial charge in [0.2, 0.25) is 0 Å². The highest BCUT2D eigenvalue weighted by Crippen LogP contribution is 2.33. The zero-order chi connectivity index (χ0) is 18.0. The summed E-state index contributed by atoms with van der Waals surface area (Å²) in [5.74, 6) is 0.778. The molecule has 0 bridgehead atoms. The van der Waals surface area contributed by atoms with Crippen molar-refractivity contribution in [3.8, 4) is 34.3 Å². The number of benzene rings is 2. The second kappa shape index (κ2) is 6.46. The van der Waals surface area contributed by atoms with Crippen molar-refractivity contribution in [3.05, 3.63) is 48.0 Å². The van der Waals surface area contributed by atoms with Crippen LogP contribution >= 0.6 is 0 Å². The molecule has 0 aliphatic carbocycles. The molecule has 0 aliphatic rings. The average molecular weight is 349 g/mol. The number of nitrogens with zero attached hydrogens (tertiary/aromatic N) is 2. The van der Waals surface area contributed by atoms with E-state index in [1.54, 1.807) is 19.1 Å². The highest BCUT2D eigenvalue weighted by molar-refractivity contribution is 5.64. The van der Waals surface area contributed by atoms with Crippen molar-refractivity contribution < 1.29 is 23.0 Å². The second-order valence-corrected chi connectivity index (χ2v) is 5.20. The van der Waals surface area contributed by atoms with Crippen LogP contribution in [0.3, 0.4) is 0 Å². The van der Waals surface area contributed by atoms with Gasteiger partial charge in [-0.3, -0.25) is 5.10 Å². The lowest BCUT2D eigenvalue weighted by Crippen LogP contribution is -2.04. The minimum absolute atomic E-state index is 0.0109. The van der Waals surface area contributed by atoms with Crippen LogP contribution < -0.4 is 4.74 Å². The summed E-state index contributed by atoms with van der Waals surface area (Å²) >= 11 is 0. The molecule has 0 saturated carbocycles. The Morgan fingerprint density at radius 1 is 1.12 bits per heavy atom. The molecule has 2 N–H and O–H groups in total. The number of halogens is 3. The van der Waals surface area contributed by atoms with Crippen LogP contribution in [0.4, 0.5) is 13.2 Å². The van der Waals surface area contributed by atoms with Gasteiger partial charge in [-0.15, -0.1) is 0 Å². The topological polar surface area (TPSA) is 71.0 Å². The number of ether oxygens (including phenoxy) is 1. The van der Waals surface area contributed by atoms with Crippen LogP contribution in [0.5, 0.6) is 11.5 Å². The van der Waals surface area contributed by atoms with E-state index in [-0.39, 0.29) is 22.9 Å². The molecule has 3 aromatic rings. The lowest BCUT2D eigenvalue weighted by atomic mass is 10.1. The van der Waals surface area contributed by atoms with E-state index in [1.807, 2.05) is 0 Å². The molecule has 0 radical (unpaired) electrons. The van der Waals surface area contributed by atoms with Crippen molar-refractivity contribution in [1.82, 2.24) is 15.2 Å². The minimum Gasteiger partial charge on any atom is -0.504 e. The van der Waals surface area contributed by atoms with Gasteiger partial charge in [0.05, 0.1) is 12.2 Å². The van der Waals surface area contributed by atoms with E-state index in [4.69, 9.17) is 4.74 Å². The molecule has 1 heterocycles. The number of alkyl halides is 3. The fourth-order valence-electron chi connectivity index (χ4n) is 2.29. The molecule has 0 aliphatic heterocycles. The second-order valence-electron chi connectivity index (χ2n) is 5.20. The number of aromatic nitrogens is 3. The monoisotopic (exact) mass is 349 g/mol. The van der Waals surface area contributed by atoms with Gasteiger partial charge in [-0.2, -0.15) is 18.3 Å². The highest BCUT2D eigenvalue weighted by atomic mass is 19.4. The van der Waals surface area contributed by atoms with Crippen molar-refractivity contribution >= 4 is 0 Å². The van der Waals surface area contributed by atoms with E-state index in [2.05, 4.69) is 15.2 Å². The Hall–Kier alpha value is -3.03. The van der Waals surface area contributed by atoms with Crippen molar-refractivity contribution in [2.75, 3.05) is 6.61 Å². The van der Waals surface area contributed by atoms with Crippen LogP contribution in [0.2, 0.25) is 0 Å². The third-order valence-corrected chi connectivity index (χ3v) is 3.47. The number of phenolic OH excluding ortho intramolecular Hbond substituents is 1. The number of aromatic hydroxyl groups is 1. The Morgan fingerprint density at radius 2 is 1.92 bits per heavy atom. The van der Waals surface area contributed by atoms with Gasteiger partial charge in [-0.25, -0.2) is 4.98 Å². The first-order valence-corrected chi connectivity index (χ1v) is 7.44. The maximum Gasteiger partial charge on any atom is 0.416 e. The van der Waals surface area contributed by atoms with Crippen molar-refractivity contribution in [3.63, 3.8) is 0 Å². The van der Waals surface area contributed by atoms with Crippen LogP contribution in [-0.4, -0.2) is 26.9 Å². The van der Waals surface area contributed by atoms with Gasteiger partial charge in [0.15, 0.2) is 23.1 Å². The molecule has 0 fully saturated rings. The fraction of sp³-hybridized carbons (Fsp3) is 0.176. The molecular weight excluding hydrogens is 335 g/mol. The molecule has 130 valence electrons. The number of H-pyrrole nitrogens is 1. The lowest BCUT2D eigenvalue weighted by Gasteiger charge is -2.07. The minimum atomic E-state index is -4.43. The lowest BCUT2D eigenvalue weighted by molar-refractivity contribution is -0.137. The molecule has 0 atom stereocenters. The summed E-state index contributed by atoms with van der Waals surface area (Å²) in [7, 11) is 0. The number of aromatic amines is 1.